The Bertz CT molecular complexity index is 1100. The van der Waals surface area contributed by atoms with E-state index >= 15 is 0 Å². The number of carbonyl (C=O) groups excluding carboxylic acids is 1. The first kappa shape index (κ1) is 21.0. The first-order valence-electron chi connectivity index (χ1n) is 9.86. The minimum absolute atomic E-state index is 0.0474. The highest BCUT2D eigenvalue weighted by molar-refractivity contribution is 6.06. The maximum Gasteiger partial charge on any atom is 0.278 e. The van der Waals surface area contributed by atoms with E-state index in [9.17, 15) is 4.79 Å². The Balaban J connectivity index is 1.54. The van der Waals surface area contributed by atoms with Gasteiger partial charge in [-0.2, -0.15) is 5.26 Å². The van der Waals surface area contributed by atoms with Crippen LogP contribution in [0.2, 0.25) is 0 Å². The largest absolute Gasteiger partial charge is 0.380 e. The van der Waals surface area contributed by atoms with E-state index in [-0.39, 0.29) is 17.5 Å². The summed E-state index contributed by atoms with van der Waals surface area (Å²) in [6, 6.07) is 6.93. The molecule has 0 aliphatic carbocycles. The van der Waals surface area contributed by atoms with Crippen LogP contribution >= 0.6 is 0 Å². The lowest BCUT2D eigenvalue weighted by Crippen LogP contribution is -2.42. The molecular formula is C20H20N10O2. The van der Waals surface area contributed by atoms with Crippen LogP contribution in [-0.4, -0.2) is 63.4 Å². The highest BCUT2D eigenvalue weighted by Crippen LogP contribution is 2.20. The quantitative estimate of drug-likeness (QED) is 0.420. The molecule has 12 nitrogen and oxygen atoms in total. The fraction of sp³-hybridized carbons (Fsp3) is 0.250. The van der Waals surface area contributed by atoms with Gasteiger partial charge >= 0.3 is 0 Å². The summed E-state index contributed by atoms with van der Waals surface area (Å²) in [5, 5.41) is 29.3. The normalized spacial score (nSPS) is 15.4. The average molecular weight is 432 g/mol. The molecule has 0 bridgehead atoms. The topological polar surface area (TPSA) is 163 Å². The summed E-state index contributed by atoms with van der Waals surface area (Å²) in [6.07, 6.45) is 5.88. The maximum absolute atomic E-state index is 12.8. The molecule has 1 saturated heterocycles. The Hall–Kier alpha value is -4.21. The lowest BCUT2D eigenvalue weighted by Gasteiger charge is -2.24. The summed E-state index contributed by atoms with van der Waals surface area (Å²) >= 11 is 0. The van der Waals surface area contributed by atoms with Gasteiger partial charge in [0.2, 0.25) is 0 Å². The summed E-state index contributed by atoms with van der Waals surface area (Å²) in [6.45, 7) is 2.62. The van der Waals surface area contributed by atoms with Gasteiger partial charge in [-0.25, -0.2) is 9.97 Å². The molecule has 1 aliphatic rings. The van der Waals surface area contributed by atoms with Crippen molar-refractivity contribution in [2.75, 3.05) is 42.2 Å². The molecule has 0 saturated carbocycles. The van der Waals surface area contributed by atoms with E-state index in [1.54, 1.807) is 30.6 Å². The monoisotopic (exact) mass is 432 g/mol. The smallest absolute Gasteiger partial charge is 0.278 e. The van der Waals surface area contributed by atoms with Gasteiger partial charge in [0.1, 0.15) is 11.9 Å². The van der Waals surface area contributed by atoms with Crippen LogP contribution < -0.4 is 21.3 Å². The van der Waals surface area contributed by atoms with E-state index in [1.807, 2.05) is 6.07 Å². The van der Waals surface area contributed by atoms with Gasteiger partial charge in [-0.05, 0) is 12.1 Å². The summed E-state index contributed by atoms with van der Waals surface area (Å²) < 4.78 is 5.71. The van der Waals surface area contributed by atoms with Crippen LogP contribution in [-0.2, 0) is 4.74 Å². The van der Waals surface area contributed by atoms with Crippen molar-refractivity contribution in [3.05, 3.63) is 54.4 Å². The minimum Gasteiger partial charge on any atom is -0.380 e. The third-order valence-corrected chi connectivity index (χ3v) is 4.49. The second-order valence-corrected chi connectivity index (χ2v) is 6.78. The van der Waals surface area contributed by atoms with Gasteiger partial charge in [0.05, 0.1) is 30.8 Å². The number of pyridine rings is 1. The van der Waals surface area contributed by atoms with Crippen LogP contribution in [0.4, 0.5) is 23.0 Å². The molecule has 0 aromatic carbocycles. The third kappa shape index (κ3) is 5.48. The van der Waals surface area contributed by atoms with E-state index in [1.165, 1.54) is 12.4 Å². The van der Waals surface area contributed by atoms with Crippen LogP contribution in [0.1, 0.15) is 16.2 Å². The molecule has 4 N–H and O–H groups in total. The predicted molar refractivity (Wildman–Crippen MR) is 115 cm³/mol. The number of morpholine rings is 1. The third-order valence-electron chi connectivity index (χ3n) is 4.49. The number of rotatable bonds is 7. The van der Waals surface area contributed by atoms with E-state index in [4.69, 9.17) is 10.00 Å². The molecule has 0 radical (unpaired) electrons. The second kappa shape index (κ2) is 10.2. The van der Waals surface area contributed by atoms with Crippen LogP contribution in [0.5, 0.6) is 0 Å². The van der Waals surface area contributed by atoms with Crippen molar-refractivity contribution < 1.29 is 9.53 Å². The van der Waals surface area contributed by atoms with E-state index in [2.05, 4.69) is 46.4 Å². The predicted octanol–water partition coefficient (Wildman–Crippen LogP) is 0.929. The zero-order chi connectivity index (χ0) is 22.2. The van der Waals surface area contributed by atoms with Gasteiger partial charge in [-0.3, -0.25) is 9.78 Å². The summed E-state index contributed by atoms with van der Waals surface area (Å²) in [7, 11) is 0. The Morgan fingerprint density at radius 1 is 1.22 bits per heavy atom. The molecule has 1 atom stereocenters. The lowest BCUT2D eigenvalue weighted by atomic mass is 10.2. The van der Waals surface area contributed by atoms with Crippen molar-refractivity contribution in [2.24, 2.45) is 0 Å². The lowest BCUT2D eigenvalue weighted by molar-refractivity contribution is 0.0372. The first-order valence-corrected chi connectivity index (χ1v) is 9.86. The summed E-state index contributed by atoms with van der Waals surface area (Å²) in [5.41, 5.74) is 1.40. The van der Waals surface area contributed by atoms with Crippen molar-refractivity contribution in [2.45, 2.75) is 6.10 Å². The zero-order valence-electron chi connectivity index (χ0n) is 16.9. The van der Waals surface area contributed by atoms with Crippen molar-refractivity contribution in [1.29, 1.82) is 5.26 Å². The van der Waals surface area contributed by atoms with Gasteiger partial charge in [0.15, 0.2) is 17.2 Å². The van der Waals surface area contributed by atoms with Gasteiger partial charge in [-0.1, -0.05) is 0 Å². The molecule has 4 rings (SSSR count). The van der Waals surface area contributed by atoms with Crippen LogP contribution in [0.15, 0.2) is 43.0 Å². The Labute approximate surface area is 183 Å². The van der Waals surface area contributed by atoms with Crippen LogP contribution in [0.3, 0.4) is 0 Å². The molecular weight excluding hydrogens is 412 g/mol. The first-order chi connectivity index (χ1) is 15.7. The number of hydrogen-bond donors (Lipinski definition) is 4. The van der Waals surface area contributed by atoms with E-state index in [0.717, 1.165) is 6.54 Å². The number of ether oxygens (including phenoxy) is 1. The number of aromatic nitrogens is 5. The fourth-order valence-corrected chi connectivity index (χ4v) is 2.94. The van der Waals surface area contributed by atoms with Gasteiger partial charge in [0, 0.05) is 43.8 Å². The average Bonchev–Trinajstić information content (AvgIpc) is 2.84. The fourth-order valence-electron chi connectivity index (χ4n) is 2.94. The number of amides is 1. The molecule has 1 amide bonds. The number of hydrogen-bond acceptors (Lipinski definition) is 11. The van der Waals surface area contributed by atoms with Gasteiger partial charge < -0.3 is 26.0 Å². The molecule has 162 valence electrons. The summed E-state index contributed by atoms with van der Waals surface area (Å²) in [5.74, 6) is 0.325. The number of nitrogens with zero attached hydrogens (tertiary/aromatic N) is 6. The van der Waals surface area contributed by atoms with Crippen molar-refractivity contribution in [3.8, 4) is 6.07 Å². The number of nitrogens with one attached hydrogen (secondary N) is 4. The molecule has 1 unspecified atom stereocenters. The zero-order valence-corrected chi connectivity index (χ0v) is 16.9. The van der Waals surface area contributed by atoms with Crippen molar-refractivity contribution in [3.63, 3.8) is 0 Å². The van der Waals surface area contributed by atoms with Crippen LogP contribution in [0.25, 0.3) is 0 Å². The van der Waals surface area contributed by atoms with E-state index < -0.39 is 5.91 Å². The standard InChI is InChI=1S/C20H20N10O2/c21-8-14-9-26-18(12-24-14)28-17-7-16(25-11-15-10-23-5-6-32-15)19(30-29-17)20(31)27-13-1-3-22-4-2-13/h1-4,7,9,12,15,23H,5-6,10-11H2,(H,22,27,31)(H2,25,26,28,29). The van der Waals surface area contributed by atoms with Crippen molar-refractivity contribution >= 4 is 28.9 Å². The molecule has 3 aromatic rings. The van der Waals surface area contributed by atoms with Crippen LogP contribution in [0, 0.1) is 11.3 Å². The highest BCUT2D eigenvalue weighted by Gasteiger charge is 2.19. The number of nitriles is 1. The molecule has 4 heterocycles. The van der Waals surface area contributed by atoms with Crippen molar-refractivity contribution in [1.82, 2.24) is 30.5 Å². The number of carbonyl (C=O) groups is 1. The highest BCUT2D eigenvalue weighted by atomic mass is 16.5. The Kier molecular flexibility index (Phi) is 6.71. The van der Waals surface area contributed by atoms with Gasteiger partial charge in [0.25, 0.3) is 5.91 Å². The molecule has 0 spiro atoms. The van der Waals surface area contributed by atoms with Gasteiger partial charge in [-0.15, -0.1) is 10.2 Å². The summed E-state index contributed by atoms with van der Waals surface area (Å²) in [4.78, 5) is 24.8. The minimum atomic E-state index is -0.418. The maximum atomic E-state index is 12.8. The van der Waals surface area contributed by atoms with E-state index in [0.29, 0.717) is 42.7 Å². The second-order valence-electron chi connectivity index (χ2n) is 6.78. The Morgan fingerprint density at radius 2 is 2.09 bits per heavy atom. The number of anilines is 4. The Morgan fingerprint density at radius 3 is 2.81 bits per heavy atom. The molecule has 3 aromatic heterocycles. The molecule has 32 heavy (non-hydrogen) atoms. The molecule has 12 heteroatoms. The molecule has 1 aliphatic heterocycles. The SMILES string of the molecule is N#Cc1cnc(Nc2cc(NCC3CNCCO3)c(C(=O)Nc3ccncc3)nn2)cn1. The molecule has 1 fully saturated rings.